The van der Waals surface area contributed by atoms with Crippen LogP contribution in [0, 0.1) is 5.92 Å². The molecule has 2 fully saturated rings. The summed E-state index contributed by atoms with van der Waals surface area (Å²) in [4.78, 5) is 0. The molecule has 0 radical (unpaired) electrons. The van der Waals surface area contributed by atoms with Crippen LogP contribution in [0.25, 0.3) is 0 Å². The molecular formula is C13H29N3O2. The molecule has 0 aromatic heterocycles. The van der Waals surface area contributed by atoms with Crippen LogP contribution < -0.4 is 16.4 Å². The van der Waals surface area contributed by atoms with E-state index in [1.807, 2.05) is 0 Å². The molecule has 1 saturated heterocycles. The minimum atomic E-state index is 0.472. The average molecular weight is 259 g/mol. The minimum absolute atomic E-state index is 0.472. The van der Waals surface area contributed by atoms with Gasteiger partial charge in [-0.15, -0.1) is 0 Å². The molecular weight excluding hydrogens is 230 g/mol. The predicted molar refractivity (Wildman–Crippen MR) is 73.3 cm³/mol. The molecule has 1 saturated carbocycles. The monoisotopic (exact) mass is 259 g/mol. The van der Waals surface area contributed by atoms with E-state index in [0.717, 1.165) is 32.2 Å². The number of ether oxygens (including phenoxy) is 2. The molecule has 1 aliphatic carbocycles. The van der Waals surface area contributed by atoms with Crippen molar-refractivity contribution in [2.75, 3.05) is 39.7 Å². The van der Waals surface area contributed by atoms with E-state index < -0.39 is 0 Å². The number of nitrogens with one attached hydrogen (secondary N) is 2. The number of rotatable bonds is 4. The Morgan fingerprint density at radius 3 is 2.33 bits per heavy atom. The minimum Gasteiger partial charge on any atom is -0.379 e. The summed E-state index contributed by atoms with van der Waals surface area (Å²) in [6.07, 6.45) is 5.53. The third-order valence-corrected chi connectivity index (χ3v) is 3.37. The number of hydrogen-bond donors (Lipinski definition) is 3. The maximum Gasteiger partial charge on any atom is 0.0978 e. The van der Waals surface area contributed by atoms with Crippen molar-refractivity contribution < 1.29 is 9.47 Å². The number of hydrogen-bond acceptors (Lipinski definition) is 5. The third kappa shape index (κ3) is 8.00. The molecule has 0 bridgehead atoms. The van der Waals surface area contributed by atoms with Gasteiger partial charge in [0.25, 0.3) is 0 Å². The molecule has 5 heteroatoms. The highest BCUT2D eigenvalue weighted by Gasteiger charge is 2.17. The second-order valence-electron chi connectivity index (χ2n) is 5.01. The Balaban J connectivity index is 0.000000225. The van der Waals surface area contributed by atoms with Crippen molar-refractivity contribution in [3.63, 3.8) is 0 Å². The summed E-state index contributed by atoms with van der Waals surface area (Å²) in [5.41, 5.74) is 5.28. The van der Waals surface area contributed by atoms with Crippen molar-refractivity contribution in [1.29, 1.82) is 0 Å². The third-order valence-electron chi connectivity index (χ3n) is 3.37. The summed E-state index contributed by atoms with van der Waals surface area (Å²) in [6.45, 7) is 7.26. The van der Waals surface area contributed by atoms with E-state index in [4.69, 9.17) is 15.2 Å². The van der Waals surface area contributed by atoms with Gasteiger partial charge in [0, 0.05) is 19.8 Å². The molecule has 1 aliphatic heterocycles. The highest BCUT2D eigenvalue weighted by Crippen LogP contribution is 2.25. The molecule has 0 aromatic carbocycles. The van der Waals surface area contributed by atoms with Gasteiger partial charge in [-0.3, -0.25) is 5.32 Å². The average Bonchev–Trinajstić information content (AvgIpc) is 2.44. The second-order valence-corrected chi connectivity index (χ2v) is 5.01. The fourth-order valence-corrected chi connectivity index (χ4v) is 2.15. The van der Waals surface area contributed by atoms with Gasteiger partial charge in [-0.2, -0.15) is 0 Å². The highest BCUT2D eigenvalue weighted by atomic mass is 16.5. The fourth-order valence-electron chi connectivity index (χ4n) is 2.15. The van der Waals surface area contributed by atoms with Crippen LogP contribution >= 0.6 is 0 Å². The topological polar surface area (TPSA) is 68.5 Å². The van der Waals surface area contributed by atoms with Crippen LogP contribution in [0.1, 0.15) is 32.6 Å². The molecule has 2 rings (SSSR count). The van der Waals surface area contributed by atoms with Crippen molar-refractivity contribution >= 4 is 0 Å². The standard InChI is InChI=1S/C9H20N2O.C4H9NO/c1-8-2-4-9(5-3-8)12-7-11-6-10;1-3-6-4-2-5-1/h8-9,11H,2-7,10H2,1H3;5H,1-4H2. The Bertz CT molecular complexity index is 170. The van der Waals surface area contributed by atoms with Gasteiger partial charge in [-0.1, -0.05) is 6.92 Å². The first kappa shape index (κ1) is 15.9. The molecule has 18 heavy (non-hydrogen) atoms. The second kappa shape index (κ2) is 10.7. The van der Waals surface area contributed by atoms with E-state index >= 15 is 0 Å². The lowest BCUT2D eigenvalue weighted by molar-refractivity contribution is 0.0101. The highest BCUT2D eigenvalue weighted by molar-refractivity contribution is 4.69. The van der Waals surface area contributed by atoms with Crippen LogP contribution in [0.2, 0.25) is 0 Å². The smallest absolute Gasteiger partial charge is 0.0978 e. The van der Waals surface area contributed by atoms with E-state index in [9.17, 15) is 0 Å². The predicted octanol–water partition coefficient (Wildman–Crippen LogP) is 0.651. The van der Waals surface area contributed by atoms with Crippen LogP contribution in [0.4, 0.5) is 0 Å². The first-order valence-corrected chi connectivity index (χ1v) is 7.13. The normalized spacial score (nSPS) is 28.3. The quantitative estimate of drug-likeness (QED) is 0.511. The van der Waals surface area contributed by atoms with Gasteiger partial charge in [0.1, 0.15) is 0 Å². The summed E-state index contributed by atoms with van der Waals surface area (Å²) in [6, 6.07) is 0. The fraction of sp³-hybridized carbons (Fsp3) is 1.00. The van der Waals surface area contributed by atoms with E-state index in [-0.39, 0.29) is 0 Å². The van der Waals surface area contributed by atoms with E-state index in [2.05, 4.69) is 17.6 Å². The summed E-state index contributed by atoms with van der Waals surface area (Å²) in [5.74, 6) is 0.896. The molecule has 4 N–H and O–H groups in total. The zero-order chi connectivity index (χ0) is 13.1. The lowest BCUT2D eigenvalue weighted by Crippen LogP contribution is -2.30. The van der Waals surface area contributed by atoms with E-state index in [0.29, 0.717) is 19.5 Å². The summed E-state index contributed by atoms with van der Waals surface area (Å²) in [5, 5.41) is 6.12. The van der Waals surface area contributed by atoms with Crippen LogP contribution in [0.3, 0.4) is 0 Å². The molecule has 0 aromatic rings. The van der Waals surface area contributed by atoms with Gasteiger partial charge in [0.05, 0.1) is 26.0 Å². The SMILES string of the molecule is C1COCCN1.CC1CCC(OCNCN)CC1. The Hall–Kier alpha value is -0.200. The van der Waals surface area contributed by atoms with Gasteiger partial charge in [-0.25, -0.2) is 0 Å². The van der Waals surface area contributed by atoms with Crippen molar-refractivity contribution in [3.05, 3.63) is 0 Å². The zero-order valence-electron chi connectivity index (χ0n) is 11.6. The Labute approximate surface area is 111 Å². The summed E-state index contributed by atoms with van der Waals surface area (Å²) in [7, 11) is 0. The van der Waals surface area contributed by atoms with Crippen molar-refractivity contribution in [3.8, 4) is 0 Å². The van der Waals surface area contributed by atoms with Crippen LogP contribution in [-0.2, 0) is 9.47 Å². The molecule has 0 amide bonds. The maximum atomic E-state index is 5.58. The summed E-state index contributed by atoms with van der Waals surface area (Å²) < 4.78 is 10.6. The Kier molecular flexibility index (Phi) is 9.42. The number of morpholine rings is 1. The largest absolute Gasteiger partial charge is 0.379 e. The van der Waals surface area contributed by atoms with Gasteiger partial charge >= 0.3 is 0 Å². The van der Waals surface area contributed by atoms with E-state index in [1.54, 1.807) is 0 Å². The first-order chi connectivity index (χ1) is 8.83. The lowest BCUT2D eigenvalue weighted by atomic mass is 9.89. The van der Waals surface area contributed by atoms with Gasteiger partial charge in [0.15, 0.2) is 0 Å². The number of nitrogens with two attached hydrogens (primary N) is 1. The van der Waals surface area contributed by atoms with E-state index in [1.165, 1.54) is 25.7 Å². The van der Waals surface area contributed by atoms with Crippen molar-refractivity contribution in [1.82, 2.24) is 10.6 Å². The van der Waals surface area contributed by atoms with Crippen molar-refractivity contribution in [2.24, 2.45) is 11.7 Å². The zero-order valence-corrected chi connectivity index (χ0v) is 11.6. The van der Waals surface area contributed by atoms with Gasteiger partial charge in [-0.05, 0) is 31.6 Å². The molecule has 0 atom stereocenters. The van der Waals surface area contributed by atoms with Gasteiger partial charge in [0.2, 0.25) is 0 Å². The Morgan fingerprint density at radius 2 is 1.89 bits per heavy atom. The molecule has 1 heterocycles. The first-order valence-electron chi connectivity index (χ1n) is 7.13. The van der Waals surface area contributed by atoms with Crippen molar-refractivity contribution in [2.45, 2.75) is 38.7 Å². The molecule has 5 nitrogen and oxygen atoms in total. The lowest BCUT2D eigenvalue weighted by Gasteiger charge is -2.26. The van der Waals surface area contributed by atoms with Crippen LogP contribution in [-0.4, -0.2) is 45.8 Å². The van der Waals surface area contributed by atoms with Crippen LogP contribution in [0.5, 0.6) is 0 Å². The maximum absolute atomic E-state index is 5.58. The summed E-state index contributed by atoms with van der Waals surface area (Å²) >= 11 is 0. The molecule has 0 spiro atoms. The Morgan fingerprint density at radius 1 is 1.22 bits per heavy atom. The molecule has 0 unspecified atom stereocenters. The molecule has 2 aliphatic rings. The van der Waals surface area contributed by atoms with Crippen LogP contribution in [0.15, 0.2) is 0 Å². The molecule has 108 valence electrons. The van der Waals surface area contributed by atoms with Gasteiger partial charge < -0.3 is 20.5 Å².